The second-order valence-corrected chi connectivity index (χ2v) is 8.77. The van der Waals surface area contributed by atoms with E-state index in [0.29, 0.717) is 12.0 Å². The Kier molecular flexibility index (Phi) is 7.56. The fourth-order valence-electron chi connectivity index (χ4n) is 3.41. The number of nitrogens with one attached hydrogen (secondary N) is 1. The quantitative estimate of drug-likeness (QED) is 0.250. The highest BCUT2D eigenvalue weighted by atomic mass is 32.2. The summed E-state index contributed by atoms with van der Waals surface area (Å²) in [6.07, 6.45) is 0.622. The number of carbonyl (C=O) groups is 1. The van der Waals surface area contributed by atoms with Gasteiger partial charge in [0, 0.05) is 25.6 Å². The van der Waals surface area contributed by atoms with Crippen molar-refractivity contribution in [3.05, 3.63) is 35.9 Å². The fraction of sp³-hybridized carbons (Fsp3) is 0.562. The van der Waals surface area contributed by atoms with E-state index in [1.807, 2.05) is 0 Å². The average molecular weight is 414 g/mol. The first-order valence-electron chi connectivity index (χ1n) is 9.01. The van der Waals surface area contributed by atoms with Crippen molar-refractivity contribution < 1.29 is 28.4 Å². The molecule has 1 aliphatic heterocycles. The van der Waals surface area contributed by atoms with Crippen LogP contribution in [0.3, 0.4) is 0 Å². The molecule has 1 heterocycles. The molecule has 12 heteroatoms. The lowest BCUT2D eigenvalue weighted by molar-refractivity contribution is -0.144. The molecule has 2 rings (SSSR count). The number of aliphatic carboxylic acids is 1. The molecule has 0 aromatic heterocycles. The van der Waals surface area contributed by atoms with Crippen LogP contribution in [-0.2, 0) is 15.0 Å². The molecule has 1 aromatic carbocycles. The van der Waals surface area contributed by atoms with Gasteiger partial charge in [-0.2, -0.15) is 17.4 Å². The minimum absolute atomic E-state index is 0.0294. The van der Waals surface area contributed by atoms with E-state index in [-0.39, 0.29) is 32.4 Å². The van der Waals surface area contributed by atoms with Gasteiger partial charge in [-0.25, -0.2) is 0 Å². The topological polar surface area (TPSA) is 179 Å². The molecule has 0 spiro atoms. The second-order valence-electron chi connectivity index (χ2n) is 7.07. The van der Waals surface area contributed by atoms with Gasteiger partial charge in [-0.3, -0.25) is 4.79 Å². The third-order valence-electron chi connectivity index (χ3n) is 5.07. The molecule has 1 aliphatic rings. The summed E-state index contributed by atoms with van der Waals surface area (Å²) in [4.78, 5) is 11.7. The zero-order valence-electron chi connectivity index (χ0n) is 15.4. The van der Waals surface area contributed by atoms with Gasteiger partial charge in [0.2, 0.25) is 0 Å². The van der Waals surface area contributed by atoms with Crippen molar-refractivity contribution in [2.75, 3.05) is 19.6 Å². The van der Waals surface area contributed by atoms with Crippen molar-refractivity contribution in [1.82, 2.24) is 9.03 Å². The van der Waals surface area contributed by atoms with Crippen molar-refractivity contribution in [3.8, 4) is 0 Å². The number of benzene rings is 1. The molecule has 3 atom stereocenters. The summed E-state index contributed by atoms with van der Waals surface area (Å²) in [6, 6.07) is 8.17. The molecule has 28 heavy (non-hydrogen) atoms. The summed E-state index contributed by atoms with van der Waals surface area (Å²) in [5.41, 5.74) is 10.7. The lowest BCUT2D eigenvalue weighted by Gasteiger charge is -2.25. The van der Waals surface area contributed by atoms with E-state index in [2.05, 4.69) is 4.72 Å². The summed E-state index contributed by atoms with van der Waals surface area (Å²) in [6.45, 7) is -0.427. The maximum absolute atomic E-state index is 12.8. The van der Waals surface area contributed by atoms with Crippen molar-refractivity contribution in [3.63, 3.8) is 0 Å². The molecular formula is C16H27BN4O6S. The van der Waals surface area contributed by atoms with Gasteiger partial charge in [0.1, 0.15) is 5.54 Å². The van der Waals surface area contributed by atoms with Crippen LogP contribution in [0.5, 0.6) is 0 Å². The Bertz CT molecular complexity index is 766. The van der Waals surface area contributed by atoms with Gasteiger partial charge in [-0.1, -0.05) is 36.8 Å². The molecule has 0 radical (unpaired) electrons. The lowest BCUT2D eigenvalue weighted by atomic mass is 9.78. The second kappa shape index (κ2) is 9.31. The van der Waals surface area contributed by atoms with Crippen molar-refractivity contribution in [2.45, 2.75) is 30.7 Å². The number of nitrogens with two attached hydrogens (primary N) is 2. The standard InChI is InChI=1S/C16H27BN4O6S/c18-9-14(12-5-2-1-3-6-12)20-28(26,27)21-10-13(7-4-8-17(24)25)16(19,11-21)15(22)23/h1-3,5-6,13-14,20,24-25H,4,7-11,18-19H2,(H,22,23)/t13-,14-,16-/m0/s1. The summed E-state index contributed by atoms with van der Waals surface area (Å²) < 4.78 is 29.2. The van der Waals surface area contributed by atoms with Gasteiger partial charge in [-0.15, -0.1) is 0 Å². The van der Waals surface area contributed by atoms with E-state index in [4.69, 9.17) is 21.5 Å². The van der Waals surface area contributed by atoms with E-state index in [1.54, 1.807) is 30.3 Å². The predicted octanol–water partition coefficient (Wildman–Crippen LogP) is -1.51. The van der Waals surface area contributed by atoms with Gasteiger partial charge in [-0.05, 0) is 18.3 Å². The number of carboxylic acid groups (broad SMARTS) is 1. The molecule has 1 aromatic rings. The van der Waals surface area contributed by atoms with E-state index in [1.165, 1.54) is 0 Å². The number of rotatable bonds is 10. The summed E-state index contributed by atoms with van der Waals surface area (Å²) in [5, 5.41) is 27.5. The first kappa shape index (κ1) is 22.8. The molecular weight excluding hydrogens is 387 g/mol. The first-order chi connectivity index (χ1) is 13.1. The monoisotopic (exact) mass is 414 g/mol. The highest BCUT2D eigenvalue weighted by molar-refractivity contribution is 7.87. The van der Waals surface area contributed by atoms with Gasteiger partial charge in [0.25, 0.3) is 10.2 Å². The summed E-state index contributed by atoms with van der Waals surface area (Å²) >= 11 is 0. The molecule has 1 saturated heterocycles. The third-order valence-corrected chi connectivity index (χ3v) is 6.61. The fourth-order valence-corrected chi connectivity index (χ4v) is 4.91. The summed E-state index contributed by atoms with van der Waals surface area (Å²) in [7, 11) is -5.54. The van der Waals surface area contributed by atoms with Gasteiger partial charge < -0.3 is 26.6 Å². The smallest absolute Gasteiger partial charge is 0.451 e. The van der Waals surface area contributed by atoms with E-state index in [0.717, 1.165) is 4.31 Å². The maximum atomic E-state index is 12.8. The van der Waals surface area contributed by atoms with Gasteiger partial charge in [0.15, 0.2) is 0 Å². The SMILES string of the molecule is NC[C@H](NS(=O)(=O)N1C[C@H](CCCB(O)O)[C@](N)(C(=O)O)C1)c1ccccc1. The lowest BCUT2D eigenvalue weighted by Crippen LogP contribution is -2.55. The van der Waals surface area contributed by atoms with Crippen LogP contribution in [-0.4, -0.2) is 66.1 Å². The van der Waals surface area contributed by atoms with Crippen molar-refractivity contribution >= 4 is 23.3 Å². The zero-order valence-corrected chi connectivity index (χ0v) is 16.3. The molecule has 0 amide bonds. The van der Waals surface area contributed by atoms with Crippen LogP contribution in [0, 0.1) is 5.92 Å². The molecule has 1 fully saturated rings. The highest BCUT2D eigenvalue weighted by Gasteiger charge is 2.52. The minimum atomic E-state index is -4.04. The number of carboxylic acids is 1. The van der Waals surface area contributed by atoms with Crippen LogP contribution in [0.15, 0.2) is 30.3 Å². The van der Waals surface area contributed by atoms with Crippen molar-refractivity contribution in [1.29, 1.82) is 0 Å². The zero-order chi connectivity index (χ0) is 20.9. The van der Waals surface area contributed by atoms with Crippen LogP contribution in [0.25, 0.3) is 0 Å². The number of hydrogen-bond acceptors (Lipinski definition) is 7. The van der Waals surface area contributed by atoms with E-state index < -0.39 is 40.8 Å². The molecule has 0 unspecified atom stereocenters. The van der Waals surface area contributed by atoms with Crippen LogP contribution in [0.2, 0.25) is 6.32 Å². The third kappa shape index (κ3) is 5.29. The molecule has 0 bridgehead atoms. The Morgan fingerprint density at radius 2 is 2.00 bits per heavy atom. The Labute approximate surface area is 164 Å². The van der Waals surface area contributed by atoms with Gasteiger partial charge >= 0.3 is 13.1 Å². The normalized spacial score (nSPS) is 24.2. The molecule has 156 valence electrons. The van der Waals surface area contributed by atoms with Gasteiger partial charge in [0.05, 0.1) is 6.04 Å². The van der Waals surface area contributed by atoms with Crippen LogP contribution < -0.4 is 16.2 Å². The molecule has 0 aliphatic carbocycles. The Morgan fingerprint density at radius 3 is 2.54 bits per heavy atom. The van der Waals surface area contributed by atoms with E-state index >= 15 is 0 Å². The summed E-state index contributed by atoms with van der Waals surface area (Å²) in [5.74, 6) is -1.95. The minimum Gasteiger partial charge on any atom is -0.480 e. The highest BCUT2D eigenvalue weighted by Crippen LogP contribution is 2.32. The Morgan fingerprint density at radius 1 is 1.36 bits per heavy atom. The molecule has 8 N–H and O–H groups in total. The predicted molar refractivity (Wildman–Crippen MR) is 104 cm³/mol. The Balaban J connectivity index is 2.15. The van der Waals surface area contributed by atoms with Crippen molar-refractivity contribution in [2.24, 2.45) is 17.4 Å². The number of hydrogen-bond donors (Lipinski definition) is 6. The first-order valence-corrected chi connectivity index (χ1v) is 10.4. The number of nitrogens with zero attached hydrogens (tertiary/aromatic N) is 1. The van der Waals surface area contributed by atoms with Crippen LogP contribution in [0.1, 0.15) is 24.4 Å². The average Bonchev–Trinajstić information content (AvgIpc) is 2.99. The van der Waals surface area contributed by atoms with Crippen LogP contribution >= 0.6 is 0 Å². The Hall–Kier alpha value is -1.54. The largest absolute Gasteiger partial charge is 0.480 e. The maximum Gasteiger partial charge on any atom is 0.451 e. The van der Waals surface area contributed by atoms with Crippen LogP contribution in [0.4, 0.5) is 0 Å². The molecule has 0 saturated carbocycles. The van der Waals surface area contributed by atoms with E-state index in [9.17, 15) is 18.3 Å². The molecule has 10 nitrogen and oxygen atoms in total.